The van der Waals surface area contributed by atoms with Gasteiger partial charge in [-0.1, -0.05) is 6.92 Å². The molecule has 78 valence electrons. The zero-order valence-corrected chi connectivity index (χ0v) is 7.97. The summed E-state index contributed by atoms with van der Waals surface area (Å²) in [6, 6.07) is 4.47. The number of rotatable bonds is 2. The predicted molar refractivity (Wildman–Crippen MR) is 48.9 cm³/mol. The second-order valence-corrected chi connectivity index (χ2v) is 2.91. The van der Waals surface area contributed by atoms with Crippen LogP contribution in [0.1, 0.15) is 13.3 Å². The molecule has 0 saturated carbocycles. The van der Waals surface area contributed by atoms with E-state index in [0.29, 0.717) is 28.1 Å². The number of hydrogen-bond acceptors (Lipinski definition) is 5. The summed E-state index contributed by atoms with van der Waals surface area (Å²) in [7, 11) is 0. The summed E-state index contributed by atoms with van der Waals surface area (Å²) in [6.45, 7) is 1.70. The molecule has 0 N–H and O–H groups in total. The monoisotopic (exact) mass is 208 g/mol. The minimum absolute atomic E-state index is 0.290. The zero-order valence-electron chi connectivity index (χ0n) is 7.97. The normalized spacial score (nSPS) is 10.5. The second-order valence-electron chi connectivity index (χ2n) is 2.91. The van der Waals surface area contributed by atoms with Crippen molar-refractivity contribution in [2.45, 2.75) is 13.3 Å². The lowest BCUT2D eigenvalue weighted by Gasteiger charge is -1.99. The Balaban J connectivity index is 2.35. The fourth-order valence-electron chi connectivity index (χ4n) is 1.12. The summed E-state index contributed by atoms with van der Waals surface area (Å²) in [4.78, 5) is 11.3. The molecule has 1 aromatic heterocycles. The van der Waals surface area contributed by atoms with Crippen LogP contribution < -0.4 is 9.64 Å². The van der Waals surface area contributed by atoms with Crippen molar-refractivity contribution in [2.75, 3.05) is 0 Å². The quantitative estimate of drug-likeness (QED) is 0.414. The topological polar surface area (TPSA) is 79.3 Å². The van der Waals surface area contributed by atoms with Gasteiger partial charge in [-0.2, -0.15) is 0 Å². The predicted octanol–water partition coefficient (Wildman–Crippen LogP) is 0.777. The fraction of sp³-hybridized carbons (Fsp3) is 0.222. The van der Waals surface area contributed by atoms with Crippen LogP contribution in [0.15, 0.2) is 22.8 Å². The molecule has 2 aromatic rings. The maximum atomic E-state index is 11.0. The number of fused-ring (bicyclic) bond motifs is 1. The summed E-state index contributed by atoms with van der Waals surface area (Å²) < 4.78 is 9.32. The van der Waals surface area contributed by atoms with Crippen molar-refractivity contribution in [1.82, 2.24) is 5.16 Å². The number of carbonyl (C=O) groups is 1. The number of hydrogen-bond donors (Lipinski definition) is 0. The van der Waals surface area contributed by atoms with Gasteiger partial charge in [-0.3, -0.25) is 9.42 Å². The lowest BCUT2D eigenvalue weighted by molar-refractivity contribution is -0.782. The molecule has 0 spiro atoms. The molecule has 6 heteroatoms. The van der Waals surface area contributed by atoms with Gasteiger partial charge in [0.2, 0.25) is 5.52 Å². The van der Waals surface area contributed by atoms with Crippen molar-refractivity contribution in [3.05, 3.63) is 23.4 Å². The first-order valence-corrected chi connectivity index (χ1v) is 4.41. The van der Waals surface area contributed by atoms with Crippen LogP contribution in [0.3, 0.4) is 0 Å². The third-order valence-corrected chi connectivity index (χ3v) is 1.88. The number of nitrogens with zero attached hydrogens (tertiary/aromatic N) is 2. The van der Waals surface area contributed by atoms with E-state index in [9.17, 15) is 10.0 Å². The molecule has 0 atom stereocenters. The third kappa shape index (κ3) is 1.74. The van der Waals surface area contributed by atoms with Gasteiger partial charge in [0.25, 0.3) is 5.52 Å². The highest BCUT2D eigenvalue weighted by atomic mass is 16.8. The highest BCUT2D eigenvalue weighted by Gasteiger charge is 2.11. The Morgan fingerprint density at radius 3 is 3.20 bits per heavy atom. The lowest BCUT2D eigenvalue weighted by atomic mass is 10.3. The van der Waals surface area contributed by atoms with Gasteiger partial charge < -0.3 is 9.94 Å². The first-order valence-electron chi connectivity index (χ1n) is 4.41. The number of benzene rings is 1. The third-order valence-electron chi connectivity index (χ3n) is 1.88. The number of ether oxygens (including phenoxy) is 1. The van der Waals surface area contributed by atoms with E-state index in [1.165, 1.54) is 18.2 Å². The highest BCUT2D eigenvalue weighted by molar-refractivity contribution is 5.76. The number of aromatic nitrogens is 2. The fourth-order valence-corrected chi connectivity index (χ4v) is 1.12. The smallest absolute Gasteiger partial charge is 0.310 e. The van der Waals surface area contributed by atoms with Crippen LogP contribution in [-0.2, 0) is 4.79 Å². The second kappa shape index (κ2) is 3.56. The molecule has 2 rings (SSSR count). The summed E-state index contributed by atoms with van der Waals surface area (Å²) in [5.41, 5.74) is 0.651. The van der Waals surface area contributed by atoms with Crippen molar-refractivity contribution in [2.24, 2.45) is 0 Å². The molecular formula is C9H8N2O4. The molecule has 0 unspecified atom stereocenters. The summed E-state index contributed by atoms with van der Waals surface area (Å²) in [5.74, 6) is 0.0103. The molecule has 15 heavy (non-hydrogen) atoms. The summed E-state index contributed by atoms with van der Waals surface area (Å²) >= 11 is 0. The number of esters is 1. The van der Waals surface area contributed by atoms with Gasteiger partial charge in [-0.15, -0.1) is 0 Å². The highest BCUT2D eigenvalue weighted by Crippen LogP contribution is 2.17. The van der Waals surface area contributed by atoms with Gasteiger partial charge in [-0.05, 0) is 17.0 Å². The van der Waals surface area contributed by atoms with Crippen LogP contribution in [0.2, 0.25) is 0 Å². The molecule has 1 aromatic carbocycles. The molecule has 1 heterocycles. The van der Waals surface area contributed by atoms with E-state index in [4.69, 9.17) is 4.74 Å². The maximum absolute atomic E-state index is 11.0. The van der Waals surface area contributed by atoms with Crippen LogP contribution in [0, 0.1) is 5.21 Å². The molecule has 0 radical (unpaired) electrons. The zero-order chi connectivity index (χ0) is 10.8. The van der Waals surface area contributed by atoms with Gasteiger partial charge in [0, 0.05) is 17.6 Å². The SMILES string of the molecule is CCC(=O)Oc1ccc2c(c1)no[n+]2[O-]. The summed E-state index contributed by atoms with van der Waals surface area (Å²) in [6.07, 6.45) is 0.290. The molecule has 0 bridgehead atoms. The Labute approximate surface area is 84.6 Å². The Kier molecular flexibility index (Phi) is 2.24. The van der Waals surface area contributed by atoms with Gasteiger partial charge in [0.15, 0.2) is 0 Å². The molecule has 0 fully saturated rings. The van der Waals surface area contributed by atoms with E-state index in [-0.39, 0.29) is 5.97 Å². The first-order chi connectivity index (χ1) is 7.20. The minimum Gasteiger partial charge on any atom is -0.426 e. The van der Waals surface area contributed by atoms with E-state index in [1.807, 2.05) is 0 Å². The van der Waals surface area contributed by atoms with Crippen molar-refractivity contribution in [3.63, 3.8) is 0 Å². The van der Waals surface area contributed by atoms with Crippen LogP contribution in [0.4, 0.5) is 0 Å². The van der Waals surface area contributed by atoms with E-state index >= 15 is 0 Å². The van der Waals surface area contributed by atoms with Crippen molar-refractivity contribution in [1.29, 1.82) is 0 Å². The van der Waals surface area contributed by atoms with Gasteiger partial charge in [-0.25, -0.2) is 0 Å². The Bertz CT molecular complexity index is 506. The van der Waals surface area contributed by atoms with E-state index < -0.39 is 0 Å². The van der Waals surface area contributed by atoms with Gasteiger partial charge in [0.05, 0.1) is 0 Å². The van der Waals surface area contributed by atoms with E-state index in [0.717, 1.165) is 0 Å². The molecule has 0 aliphatic heterocycles. The summed E-state index contributed by atoms with van der Waals surface area (Å²) in [5, 5.41) is 14.4. The first kappa shape index (κ1) is 9.45. The molecule has 6 nitrogen and oxygen atoms in total. The minimum atomic E-state index is -0.340. The van der Waals surface area contributed by atoms with Crippen LogP contribution in [0.25, 0.3) is 11.0 Å². The Morgan fingerprint density at radius 2 is 2.47 bits per heavy atom. The molecule has 0 aliphatic carbocycles. The molecule has 0 aliphatic rings. The maximum Gasteiger partial charge on any atom is 0.310 e. The molecule has 0 amide bonds. The Morgan fingerprint density at radius 1 is 1.67 bits per heavy atom. The van der Waals surface area contributed by atoms with Crippen molar-refractivity contribution in [3.8, 4) is 5.75 Å². The standard InChI is InChI=1S/C9H8N2O4/c1-2-9(12)14-6-3-4-8-7(5-6)10-15-11(8)13/h3-5H,2H2,1H3. The van der Waals surface area contributed by atoms with Crippen molar-refractivity contribution >= 4 is 17.0 Å². The van der Waals surface area contributed by atoms with Crippen LogP contribution in [-0.4, -0.2) is 11.1 Å². The lowest BCUT2D eigenvalue weighted by Crippen LogP contribution is -2.22. The van der Waals surface area contributed by atoms with Crippen molar-refractivity contribution < 1.29 is 19.1 Å². The number of carbonyl (C=O) groups excluding carboxylic acids is 1. The Hall–Kier alpha value is -2.11. The van der Waals surface area contributed by atoms with Crippen LogP contribution in [0.5, 0.6) is 5.75 Å². The molecule has 0 saturated heterocycles. The van der Waals surface area contributed by atoms with Gasteiger partial charge >= 0.3 is 5.97 Å². The van der Waals surface area contributed by atoms with Gasteiger partial charge in [0.1, 0.15) is 5.75 Å². The average Bonchev–Trinajstić information content (AvgIpc) is 2.60. The van der Waals surface area contributed by atoms with E-state index in [1.54, 1.807) is 6.92 Å². The van der Waals surface area contributed by atoms with E-state index in [2.05, 4.69) is 9.79 Å². The molecular weight excluding hydrogens is 200 g/mol. The largest absolute Gasteiger partial charge is 0.426 e. The van der Waals surface area contributed by atoms with Crippen LogP contribution >= 0.6 is 0 Å². The average molecular weight is 208 g/mol.